The molecule has 0 aromatic heterocycles. The standard InChI is InChI=1S/C9H17NO5/c1-3(2)5(11)7(13)8-4(10)6(12)9(14)15-8/h4,6-9,11-14H,10H2,1-2H3/t4-,6+,7+,8-,9?/m0/s1. The Labute approximate surface area is 87.6 Å². The van der Waals surface area contributed by atoms with E-state index in [1.807, 2.05) is 0 Å². The van der Waals surface area contributed by atoms with Crippen LogP contribution in [0.15, 0.2) is 11.3 Å². The summed E-state index contributed by atoms with van der Waals surface area (Å²) in [5.74, 6) is -0.253. The van der Waals surface area contributed by atoms with Crippen LogP contribution in [0.4, 0.5) is 0 Å². The monoisotopic (exact) mass is 219 g/mol. The summed E-state index contributed by atoms with van der Waals surface area (Å²) in [6.45, 7) is 3.23. The lowest BCUT2D eigenvalue weighted by Gasteiger charge is -2.21. The first-order valence-electron chi connectivity index (χ1n) is 4.67. The molecule has 0 saturated carbocycles. The zero-order chi connectivity index (χ0) is 11.7. The van der Waals surface area contributed by atoms with E-state index in [2.05, 4.69) is 0 Å². The van der Waals surface area contributed by atoms with Gasteiger partial charge in [-0.3, -0.25) is 0 Å². The normalized spacial score (nSPS) is 37.7. The maximum Gasteiger partial charge on any atom is 0.183 e. The Bertz CT molecular complexity index is 263. The number of allylic oxidation sites excluding steroid dienone is 1. The van der Waals surface area contributed by atoms with Crippen molar-refractivity contribution in [3.05, 3.63) is 11.3 Å². The number of hydrogen-bond donors (Lipinski definition) is 5. The molecule has 1 aliphatic rings. The molecule has 6 N–H and O–H groups in total. The largest absolute Gasteiger partial charge is 0.510 e. The minimum atomic E-state index is -1.43. The van der Waals surface area contributed by atoms with Crippen LogP contribution in [0.5, 0.6) is 0 Å². The van der Waals surface area contributed by atoms with Gasteiger partial charge in [-0.15, -0.1) is 0 Å². The van der Waals surface area contributed by atoms with Crippen molar-refractivity contribution >= 4 is 0 Å². The van der Waals surface area contributed by atoms with Crippen molar-refractivity contribution in [1.82, 2.24) is 0 Å². The maximum absolute atomic E-state index is 9.66. The molecule has 0 radical (unpaired) electrons. The van der Waals surface area contributed by atoms with Gasteiger partial charge < -0.3 is 30.9 Å². The van der Waals surface area contributed by atoms with Gasteiger partial charge in [0.1, 0.15) is 24.1 Å². The SMILES string of the molecule is CC(C)=C(O)[C@@H](O)[C@H]1OC(O)[C@H](O)[C@@H]1N. The van der Waals surface area contributed by atoms with Crippen molar-refractivity contribution in [3.63, 3.8) is 0 Å². The Morgan fingerprint density at radius 1 is 1.33 bits per heavy atom. The minimum Gasteiger partial charge on any atom is -0.510 e. The Balaban J connectivity index is 2.78. The number of ether oxygens (including phenoxy) is 1. The van der Waals surface area contributed by atoms with Crippen LogP contribution in [-0.2, 0) is 4.74 Å². The Morgan fingerprint density at radius 3 is 2.20 bits per heavy atom. The summed E-state index contributed by atoms with van der Waals surface area (Å²) in [6, 6.07) is -0.934. The number of aliphatic hydroxyl groups excluding tert-OH is 4. The van der Waals surface area contributed by atoms with E-state index >= 15 is 0 Å². The molecular formula is C9H17NO5. The van der Waals surface area contributed by atoms with Gasteiger partial charge in [0.15, 0.2) is 6.29 Å². The van der Waals surface area contributed by atoms with E-state index in [0.29, 0.717) is 5.57 Å². The Kier molecular flexibility index (Phi) is 3.69. The van der Waals surface area contributed by atoms with E-state index < -0.39 is 30.6 Å². The summed E-state index contributed by atoms with van der Waals surface area (Å²) in [5.41, 5.74) is 6.05. The summed E-state index contributed by atoms with van der Waals surface area (Å²) >= 11 is 0. The summed E-state index contributed by atoms with van der Waals surface area (Å²) in [6.07, 6.45) is -5.03. The molecule has 0 amide bonds. The fourth-order valence-electron chi connectivity index (χ4n) is 1.45. The molecule has 0 aromatic rings. The highest BCUT2D eigenvalue weighted by atomic mass is 16.6. The van der Waals surface area contributed by atoms with Gasteiger partial charge in [0, 0.05) is 0 Å². The third kappa shape index (κ3) is 2.30. The maximum atomic E-state index is 9.66. The van der Waals surface area contributed by atoms with E-state index in [1.165, 1.54) is 0 Å². The smallest absolute Gasteiger partial charge is 0.183 e. The second-order valence-electron chi connectivity index (χ2n) is 3.89. The van der Waals surface area contributed by atoms with Crippen LogP contribution in [0.2, 0.25) is 0 Å². The first-order valence-corrected chi connectivity index (χ1v) is 4.67. The molecule has 6 nitrogen and oxygen atoms in total. The molecule has 1 aliphatic heterocycles. The second kappa shape index (κ2) is 4.46. The molecule has 0 spiro atoms. The average molecular weight is 219 g/mol. The minimum absolute atomic E-state index is 0.253. The number of nitrogens with two attached hydrogens (primary N) is 1. The van der Waals surface area contributed by atoms with E-state index in [9.17, 15) is 15.3 Å². The molecular weight excluding hydrogens is 202 g/mol. The van der Waals surface area contributed by atoms with Crippen molar-refractivity contribution in [3.8, 4) is 0 Å². The highest BCUT2D eigenvalue weighted by Crippen LogP contribution is 2.24. The van der Waals surface area contributed by atoms with Crippen LogP contribution in [0.25, 0.3) is 0 Å². The molecule has 0 aromatic carbocycles. The molecule has 1 rings (SSSR count). The molecule has 1 heterocycles. The quantitative estimate of drug-likeness (QED) is 0.365. The van der Waals surface area contributed by atoms with Gasteiger partial charge in [-0.05, 0) is 19.4 Å². The van der Waals surface area contributed by atoms with Crippen LogP contribution in [-0.4, -0.2) is 51.1 Å². The summed E-state index contributed by atoms with van der Waals surface area (Å²) in [5, 5.41) is 37.6. The van der Waals surface area contributed by atoms with Crippen LogP contribution in [0.3, 0.4) is 0 Å². The fraction of sp³-hybridized carbons (Fsp3) is 0.778. The van der Waals surface area contributed by atoms with Crippen molar-refractivity contribution in [2.24, 2.45) is 5.73 Å². The van der Waals surface area contributed by atoms with Gasteiger partial charge in [0.2, 0.25) is 0 Å². The highest BCUT2D eigenvalue weighted by molar-refractivity contribution is 5.11. The lowest BCUT2D eigenvalue weighted by molar-refractivity contribution is -0.144. The van der Waals surface area contributed by atoms with Gasteiger partial charge in [0.25, 0.3) is 0 Å². The van der Waals surface area contributed by atoms with Crippen molar-refractivity contribution < 1.29 is 25.2 Å². The fourth-order valence-corrected chi connectivity index (χ4v) is 1.45. The third-order valence-electron chi connectivity index (χ3n) is 2.47. The number of rotatable bonds is 2. The summed E-state index contributed by atoms with van der Waals surface area (Å²) in [7, 11) is 0. The van der Waals surface area contributed by atoms with Crippen LogP contribution >= 0.6 is 0 Å². The zero-order valence-corrected chi connectivity index (χ0v) is 8.66. The van der Waals surface area contributed by atoms with Crippen LogP contribution in [0, 0.1) is 0 Å². The van der Waals surface area contributed by atoms with Gasteiger partial charge >= 0.3 is 0 Å². The lowest BCUT2D eigenvalue weighted by atomic mass is 10.0. The van der Waals surface area contributed by atoms with Gasteiger partial charge in [-0.2, -0.15) is 0 Å². The van der Waals surface area contributed by atoms with Crippen molar-refractivity contribution in [2.45, 2.75) is 44.5 Å². The predicted octanol–water partition coefficient (Wildman–Crippen LogP) is -1.40. The Morgan fingerprint density at radius 2 is 1.87 bits per heavy atom. The third-order valence-corrected chi connectivity index (χ3v) is 2.47. The number of hydrogen-bond acceptors (Lipinski definition) is 6. The molecule has 88 valence electrons. The second-order valence-corrected chi connectivity index (χ2v) is 3.89. The molecule has 5 atom stereocenters. The Hall–Kier alpha value is -0.660. The van der Waals surface area contributed by atoms with Crippen molar-refractivity contribution in [1.29, 1.82) is 0 Å². The molecule has 0 aliphatic carbocycles. The summed E-state index contributed by atoms with van der Waals surface area (Å²) < 4.78 is 4.86. The van der Waals surface area contributed by atoms with Crippen LogP contribution in [0.1, 0.15) is 13.8 Å². The van der Waals surface area contributed by atoms with E-state index in [1.54, 1.807) is 13.8 Å². The molecule has 1 unspecified atom stereocenters. The number of aliphatic hydroxyl groups is 4. The molecule has 0 bridgehead atoms. The molecule has 1 saturated heterocycles. The van der Waals surface area contributed by atoms with Gasteiger partial charge in [-0.25, -0.2) is 0 Å². The summed E-state index contributed by atoms with van der Waals surface area (Å²) in [4.78, 5) is 0. The lowest BCUT2D eigenvalue weighted by Crippen LogP contribution is -2.46. The first kappa shape index (κ1) is 12.4. The van der Waals surface area contributed by atoms with E-state index in [4.69, 9.17) is 15.6 Å². The van der Waals surface area contributed by atoms with E-state index in [0.717, 1.165) is 0 Å². The highest BCUT2D eigenvalue weighted by Gasteiger charge is 2.45. The molecule has 6 heteroatoms. The molecule has 15 heavy (non-hydrogen) atoms. The predicted molar refractivity (Wildman–Crippen MR) is 51.9 cm³/mol. The van der Waals surface area contributed by atoms with Crippen molar-refractivity contribution in [2.75, 3.05) is 0 Å². The first-order chi connectivity index (χ1) is 6.86. The van der Waals surface area contributed by atoms with E-state index in [-0.39, 0.29) is 5.76 Å². The van der Waals surface area contributed by atoms with Crippen LogP contribution < -0.4 is 5.73 Å². The topological polar surface area (TPSA) is 116 Å². The van der Waals surface area contributed by atoms with Gasteiger partial charge in [-0.1, -0.05) is 0 Å². The molecule has 1 fully saturated rings. The van der Waals surface area contributed by atoms with Gasteiger partial charge in [0.05, 0.1) is 6.04 Å². The average Bonchev–Trinajstić information content (AvgIpc) is 2.43. The zero-order valence-electron chi connectivity index (χ0n) is 8.66.